The first-order chi connectivity index (χ1) is 22.6. The number of hydrazone groups is 1. The van der Waals surface area contributed by atoms with E-state index in [0.29, 0.717) is 34.5 Å². The van der Waals surface area contributed by atoms with Gasteiger partial charge in [0.05, 0.1) is 17.5 Å². The number of carbonyl (C=O) groups is 3. The van der Waals surface area contributed by atoms with Crippen molar-refractivity contribution in [3.8, 4) is 11.1 Å². The Bertz CT molecular complexity index is 1880. The lowest BCUT2D eigenvalue weighted by Gasteiger charge is -2.18. The van der Waals surface area contributed by atoms with E-state index >= 15 is 0 Å². The van der Waals surface area contributed by atoms with Crippen LogP contribution in [0, 0.1) is 0 Å². The summed E-state index contributed by atoms with van der Waals surface area (Å²) in [5.74, 6) is 1.60. The zero-order chi connectivity index (χ0) is 35.5. The smallest absolute Gasteiger partial charge is 0.475 e. The number of carbonyl (C=O) groups excluding carboxylic acids is 2. The van der Waals surface area contributed by atoms with Crippen LogP contribution in [-0.2, 0) is 32.4 Å². The number of ether oxygens (including phenoxy) is 1. The molecule has 1 unspecified atom stereocenters. The molecule has 0 bridgehead atoms. The molecule has 0 saturated carbocycles. The SMILES string of the molecule is CCOC(=O)c1csc(C(Cc2cccc(CC=NN)c2)NC(=O)c2ccc(-c3ccccc3S(N)(=O)=O)cc2)n1.O=C(O)C(F)(F)F. The number of nitrogens with two attached hydrogens (primary N) is 2. The summed E-state index contributed by atoms with van der Waals surface area (Å²) in [7, 11) is -3.93. The van der Waals surface area contributed by atoms with Gasteiger partial charge in [0.1, 0.15) is 5.01 Å². The second kappa shape index (κ2) is 16.6. The van der Waals surface area contributed by atoms with E-state index in [1.54, 1.807) is 61.0 Å². The summed E-state index contributed by atoms with van der Waals surface area (Å²) in [6.45, 7) is 1.94. The van der Waals surface area contributed by atoms with Crippen LogP contribution in [-0.4, -0.2) is 55.4 Å². The summed E-state index contributed by atoms with van der Waals surface area (Å²) in [5, 5.41) is 21.2. The Kier molecular flexibility index (Phi) is 12.9. The van der Waals surface area contributed by atoms with Gasteiger partial charge in [-0.05, 0) is 48.2 Å². The Hall–Kier alpha value is -5.13. The summed E-state index contributed by atoms with van der Waals surface area (Å²) in [5.41, 5.74) is 3.52. The standard InChI is InChI=1S/C29H29N5O5S2.C2HF3O2/c1-2-39-29(36)25-18-40-28(34-25)24(17-20-7-5-6-19(16-20)14-15-32-30)33-27(35)22-12-10-21(11-13-22)23-8-3-4-9-26(23)41(31,37)38;3-2(4,5)1(6)7/h3-13,15-16,18,24H,2,14,17,30H2,1H3,(H,33,35)(H2,31,37,38);(H,6,7). The Morgan fingerprint density at radius 3 is 2.31 bits per heavy atom. The van der Waals surface area contributed by atoms with Crippen LogP contribution >= 0.6 is 11.3 Å². The number of carboxylic acid groups (broad SMARTS) is 1. The van der Waals surface area contributed by atoms with Crippen LogP contribution in [0.25, 0.3) is 11.1 Å². The summed E-state index contributed by atoms with van der Waals surface area (Å²) < 4.78 is 60.9. The van der Waals surface area contributed by atoms with Crippen molar-refractivity contribution < 1.29 is 45.8 Å². The molecule has 1 aromatic heterocycles. The Labute approximate surface area is 277 Å². The van der Waals surface area contributed by atoms with Crippen molar-refractivity contribution in [1.82, 2.24) is 10.3 Å². The molecule has 0 aliphatic rings. The summed E-state index contributed by atoms with van der Waals surface area (Å²) in [6.07, 6.45) is -2.50. The van der Waals surface area contributed by atoms with Gasteiger partial charge in [0.2, 0.25) is 10.0 Å². The van der Waals surface area contributed by atoms with Gasteiger partial charge in [0.25, 0.3) is 5.91 Å². The normalized spacial score (nSPS) is 12.1. The van der Waals surface area contributed by atoms with Crippen molar-refractivity contribution >= 4 is 45.4 Å². The molecule has 6 N–H and O–H groups in total. The number of carboxylic acids is 1. The van der Waals surface area contributed by atoms with Gasteiger partial charge >= 0.3 is 18.1 Å². The number of amides is 1. The third-order valence-electron chi connectivity index (χ3n) is 6.37. The predicted octanol–water partition coefficient (Wildman–Crippen LogP) is 4.47. The van der Waals surface area contributed by atoms with Gasteiger partial charge in [-0.1, -0.05) is 54.6 Å². The van der Waals surface area contributed by atoms with Gasteiger partial charge in [0.15, 0.2) is 5.69 Å². The highest BCUT2D eigenvalue weighted by molar-refractivity contribution is 7.89. The lowest BCUT2D eigenvalue weighted by Crippen LogP contribution is -2.30. The van der Waals surface area contributed by atoms with Crippen LogP contribution in [0.4, 0.5) is 13.2 Å². The van der Waals surface area contributed by atoms with E-state index in [0.717, 1.165) is 11.1 Å². The number of thiazole rings is 1. The number of sulfonamides is 1. The van der Waals surface area contributed by atoms with Crippen LogP contribution < -0.4 is 16.3 Å². The van der Waals surface area contributed by atoms with Crippen molar-refractivity contribution in [1.29, 1.82) is 0 Å². The lowest BCUT2D eigenvalue weighted by molar-refractivity contribution is -0.192. The largest absolute Gasteiger partial charge is 0.490 e. The fraction of sp³-hybridized carbons (Fsp3) is 0.194. The molecular formula is C31H30F3N5O7S2. The number of halogens is 3. The second-order valence-corrected chi connectivity index (χ2v) is 12.2. The molecule has 4 aromatic rings. The number of nitrogens with one attached hydrogen (secondary N) is 1. The molecule has 0 spiro atoms. The van der Waals surface area contributed by atoms with Crippen LogP contribution in [0.1, 0.15) is 49.9 Å². The van der Waals surface area contributed by atoms with E-state index in [4.69, 9.17) is 25.6 Å². The zero-order valence-electron chi connectivity index (χ0n) is 25.2. The van der Waals surface area contributed by atoms with Crippen LogP contribution in [0.3, 0.4) is 0 Å². The molecule has 3 aromatic carbocycles. The zero-order valence-corrected chi connectivity index (χ0v) is 26.8. The minimum Gasteiger partial charge on any atom is -0.475 e. The van der Waals surface area contributed by atoms with Crippen molar-refractivity contribution in [2.75, 3.05) is 6.61 Å². The first-order valence-corrected chi connectivity index (χ1v) is 16.3. The van der Waals surface area contributed by atoms with Crippen LogP contribution in [0.5, 0.6) is 0 Å². The first kappa shape index (κ1) is 37.3. The highest BCUT2D eigenvalue weighted by Crippen LogP contribution is 2.28. The average Bonchev–Trinajstić information content (AvgIpc) is 3.54. The molecule has 4 rings (SSSR count). The predicted molar refractivity (Wildman–Crippen MR) is 172 cm³/mol. The minimum absolute atomic E-state index is 0.00148. The molecule has 48 heavy (non-hydrogen) atoms. The average molecular weight is 706 g/mol. The van der Waals surface area contributed by atoms with Gasteiger partial charge in [-0.25, -0.2) is 28.1 Å². The number of aliphatic carboxylic acids is 1. The maximum absolute atomic E-state index is 13.4. The number of hydrogen-bond donors (Lipinski definition) is 4. The number of benzene rings is 3. The third-order valence-corrected chi connectivity index (χ3v) is 8.30. The number of aromatic nitrogens is 1. The molecule has 0 fully saturated rings. The molecule has 12 nitrogen and oxygen atoms in total. The van der Waals surface area contributed by atoms with Crippen molar-refractivity contribution in [3.63, 3.8) is 0 Å². The fourth-order valence-electron chi connectivity index (χ4n) is 4.22. The van der Waals surface area contributed by atoms with Gasteiger partial charge in [-0.2, -0.15) is 18.3 Å². The highest BCUT2D eigenvalue weighted by atomic mass is 32.2. The molecule has 1 heterocycles. The van der Waals surface area contributed by atoms with Crippen molar-refractivity contribution in [2.45, 2.75) is 36.9 Å². The number of alkyl halides is 3. The number of nitrogens with zero attached hydrogens (tertiary/aromatic N) is 2. The summed E-state index contributed by atoms with van der Waals surface area (Å²) >= 11 is 1.26. The quantitative estimate of drug-likeness (QED) is 0.0751. The maximum Gasteiger partial charge on any atom is 0.490 e. The van der Waals surface area contributed by atoms with E-state index in [9.17, 15) is 31.2 Å². The molecule has 0 aliphatic carbocycles. The molecule has 0 aliphatic heterocycles. The number of primary sulfonamides is 1. The first-order valence-electron chi connectivity index (χ1n) is 13.9. The Morgan fingerprint density at radius 2 is 1.71 bits per heavy atom. The number of rotatable bonds is 11. The lowest BCUT2D eigenvalue weighted by atomic mass is 10.0. The molecule has 0 saturated heterocycles. The Balaban J connectivity index is 0.000000804. The summed E-state index contributed by atoms with van der Waals surface area (Å²) in [6, 6.07) is 20.2. The fourth-order valence-corrected chi connectivity index (χ4v) is 5.82. The Morgan fingerprint density at radius 1 is 1.06 bits per heavy atom. The molecule has 254 valence electrons. The number of esters is 1. The number of hydrogen-bond acceptors (Lipinski definition) is 10. The van der Waals surface area contributed by atoms with E-state index < -0.39 is 34.2 Å². The maximum atomic E-state index is 13.4. The van der Waals surface area contributed by atoms with Crippen LogP contribution in [0.15, 0.2) is 88.2 Å². The third kappa shape index (κ3) is 10.7. The van der Waals surface area contributed by atoms with E-state index in [1.807, 2.05) is 24.3 Å². The van der Waals surface area contributed by atoms with Gasteiger partial charge in [-0.15, -0.1) is 11.3 Å². The summed E-state index contributed by atoms with van der Waals surface area (Å²) in [4.78, 5) is 38.9. The minimum atomic E-state index is -5.08. The monoisotopic (exact) mass is 705 g/mol. The molecule has 17 heteroatoms. The highest BCUT2D eigenvalue weighted by Gasteiger charge is 2.38. The van der Waals surface area contributed by atoms with E-state index in [2.05, 4.69) is 15.4 Å². The second-order valence-electron chi connectivity index (χ2n) is 9.80. The van der Waals surface area contributed by atoms with E-state index in [-0.39, 0.29) is 23.1 Å². The topological polar surface area (TPSA) is 204 Å². The molecule has 1 atom stereocenters. The molecular weight excluding hydrogens is 675 g/mol. The van der Waals surface area contributed by atoms with Gasteiger partial charge in [0, 0.05) is 29.1 Å². The van der Waals surface area contributed by atoms with Crippen molar-refractivity contribution in [3.05, 3.63) is 106 Å². The van der Waals surface area contributed by atoms with Gasteiger partial charge < -0.3 is 21.0 Å². The van der Waals surface area contributed by atoms with Crippen molar-refractivity contribution in [2.24, 2.45) is 16.1 Å². The molecule has 0 radical (unpaired) electrons. The van der Waals surface area contributed by atoms with Crippen LogP contribution in [0.2, 0.25) is 0 Å². The van der Waals surface area contributed by atoms with E-state index in [1.165, 1.54) is 17.4 Å². The van der Waals surface area contributed by atoms with Gasteiger partial charge in [-0.3, -0.25) is 4.79 Å². The molecule has 1 amide bonds.